The van der Waals surface area contributed by atoms with Crippen LogP contribution in [0, 0.1) is 6.92 Å². The second-order valence-electron chi connectivity index (χ2n) is 5.77. The molecule has 22 heavy (non-hydrogen) atoms. The molecule has 0 spiro atoms. The van der Waals surface area contributed by atoms with Crippen molar-refractivity contribution < 1.29 is 9.32 Å². The van der Waals surface area contributed by atoms with Crippen molar-refractivity contribution in [3.8, 4) is 0 Å². The van der Waals surface area contributed by atoms with Crippen molar-refractivity contribution in [2.75, 3.05) is 19.0 Å². The highest BCUT2D eigenvalue weighted by atomic mass is 16.5. The summed E-state index contributed by atoms with van der Waals surface area (Å²) in [6.45, 7) is 2.23. The molecule has 0 bridgehead atoms. The van der Waals surface area contributed by atoms with E-state index in [1.165, 1.54) is 0 Å². The molecular formula is C15H19N5O2. The van der Waals surface area contributed by atoms with Gasteiger partial charge in [-0.15, -0.1) is 0 Å². The van der Waals surface area contributed by atoms with Gasteiger partial charge in [0.25, 0.3) is 5.91 Å². The number of nitrogens with one attached hydrogen (secondary N) is 1. The van der Waals surface area contributed by atoms with E-state index < -0.39 is 0 Å². The van der Waals surface area contributed by atoms with E-state index in [1.807, 2.05) is 32.0 Å². The highest BCUT2D eigenvalue weighted by molar-refractivity contribution is 5.92. The van der Waals surface area contributed by atoms with Crippen molar-refractivity contribution in [2.24, 2.45) is 0 Å². The third-order valence-corrected chi connectivity index (χ3v) is 3.47. The molecule has 7 nitrogen and oxygen atoms in total. The molecular weight excluding hydrogens is 282 g/mol. The van der Waals surface area contributed by atoms with Crippen LogP contribution in [0.5, 0.6) is 0 Å². The Bertz CT molecular complexity index is 691. The predicted molar refractivity (Wildman–Crippen MR) is 80.7 cm³/mol. The summed E-state index contributed by atoms with van der Waals surface area (Å²) in [7, 11) is 3.76. The summed E-state index contributed by atoms with van der Waals surface area (Å²) in [5, 5.41) is 6.64. The van der Waals surface area contributed by atoms with Crippen LogP contribution in [0.3, 0.4) is 0 Å². The van der Waals surface area contributed by atoms with E-state index in [9.17, 15) is 4.79 Å². The molecule has 1 aliphatic carbocycles. The molecule has 2 aromatic heterocycles. The summed E-state index contributed by atoms with van der Waals surface area (Å²) < 4.78 is 5.19. The quantitative estimate of drug-likeness (QED) is 0.904. The number of rotatable bonds is 5. The van der Waals surface area contributed by atoms with E-state index in [0.29, 0.717) is 24.1 Å². The third kappa shape index (κ3) is 3.24. The first-order valence-corrected chi connectivity index (χ1v) is 7.29. The summed E-state index contributed by atoms with van der Waals surface area (Å²) >= 11 is 0. The molecule has 1 aliphatic rings. The van der Waals surface area contributed by atoms with Crippen LogP contribution in [0.4, 0.5) is 5.95 Å². The normalized spacial score (nSPS) is 14.0. The number of anilines is 1. The van der Waals surface area contributed by atoms with Gasteiger partial charge < -0.3 is 14.7 Å². The number of nitrogens with zero attached hydrogens (tertiary/aromatic N) is 4. The first kappa shape index (κ1) is 14.5. The molecule has 2 aromatic rings. The van der Waals surface area contributed by atoms with Crippen LogP contribution < -0.4 is 10.2 Å². The lowest BCUT2D eigenvalue weighted by Crippen LogP contribution is -2.24. The molecule has 0 aliphatic heterocycles. The van der Waals surface area contributed by atoms with Gasteiger partial charge in [0.05, 0.1) is 12.2 Å². The second kappa shape index (κ2) is 5.75. The van der Waals surface area contributed by atoms with Gasteiger partial charge in [-0.3, -0.25) is 4.79 Å². The lowest BCUT2D eigenvalue weighted by Gasteiger charge is -2.12. The molecule has 3 rings (SSSR count). The van der Waals surface area contributed by atoms with E-state index in [0.717, 1.165) is 30.0 Å². The number of amides is 1. The minimum atomic E-state index is -0.252. The molecule has 1 N–H and O–H groups in total. The summed E-state index contributed by atoms with van der Waals surface area (Å²) in [6.07, 6.45) is 2.23. The fourth-order valence-corrected chi connectivity index (χ4v) is 2.13. The maximum absolute atomic E-state index is 12.1. The number of hydrogen-bond donors (Lipinski definition) is 1. The Morgan fingerprint density at radius 3 is 2.82 bits per heavy atom. The maximum Gasteiger partial charge on any atom is 0.273 e. The molecule has 2 heterocycles. The number of aryl methyl sites for hydroxylation is 1. The minimum absolute atomic E-state index is 0.252. The van der Waals surface area contributed by atoms with Crippen LogP contribution in [-0.4, -0.2) is 35.1 Å². The topological polar surface area (TPSA) is 84.2 Å². The van der Waals surface area contributed by atoms with Gasteiger partial charge in [0, 0.05) is 31.8 Å². The van der Waals surface area contributed by atoms with Crippen LogP contribution in [0.2, 0.25) is 0 Å². The zero-order valence-corrected chi connectivity index (χ0v) is 13.0. The Labute approximate surface area is 128 Å². The van der Waals surface area contributed by atoms with Gasteiger partial charge in [-0.1, -0.05) is 5.16 Å². The van der Waals surface area contributed by atoms with Crippen LogP contribution in [0.1, 0.15) is 46.4 Å². The van der Waals surface area contributed by atoms with E-state index >= 15 is 0 Å². The van der Waals surface area contributed by atoms with Gasteiger partial charge in [0.1, 0.15) is 5.76 Å². The number of carbonyl (C=O) groups excluding carboxylic acids is 1. The Hall–Kier alpha value is -2.44. The van der Waals surface area contributed by atoms with E-state index in [2.05, 4.69) is 20.4 Å². The monoisotopic (exact) mass is 301 g/mol. The average molecular weight is 301 g/mol. The zero-order chi connectivity index (χ0) is 15.7. The van der Waals surface area contributed by atoms with Crippen molar-refractivity contribution >= 4 is 11.9 Å². The number of hydrogen-bond acceptors (Lipinski definition) is 6. The molecule has 1 fully saturated rings. The third-order valence-electron chi connectivity index (χ3n) is 3.47. The summed E-state index contributed by atoms with van der Waals surface area (Å²) in [5.41, 5.74) is 1.94. The first-order chi connectivity index (χ1) is 10.5. The summed E-state index contributed by atoms with van der Waals surface area (Å²) in [5.74, 6) is 1.62. The van der Waals surface area contributed by atoms with E-state index in [4.69, 9.17) is 4.52 Å². The predicted octanol–water partition coefficient (Wildman–Crippen LogP) is 1.65. The smallest absolute Gasteiger partial charge is 0.273 e. The summed E-state index contributed by atoms with van der Waals surface area (Å²) in [4.78, 5) is 22.6. The van der Waals surface area contributed by atoms with Gasteiger partial charge in [-0.25, -0.2) is 9.97 Å². The molecule has 1 amide bonds. The lowest BCUT2D eigenvalue weighted by molar-refractivity contribution is 0.0941. The van der Waals surface area contributed by atoms with Crippen LogP contribution in [-0.2, 0) is 6.54 Å². The SMILES string of the molecule is Cc1cc(CNC(=O)c2cc(C3CC3)on2)nc(N(C)C)n1. The highest BCUT2D eigenvalue weighted by Crippen LogP contribution is 2.40. The molecule has 116 valence electrons. The molecule has 7 heteroatoms. The Morgan fingerprint density at radius 1 is 1.36 bits per heavy atom. The molecule has 0 atom stereocenters. The van der Waals surface area contributed by atoms with Crippen molar-refractivity contribution in [1.82, 2.24) is 20.4 Å². The van der Waals surface area contributed by atoms with Crippen molar-refractivity contribution in [1.29, 1.82) is 0 Å². The second-order valence-corrected chi connectivity index (χ2v) is 5.77. The van der Waals surface area contributed by atoms with Crippen molar-refractivity contribution in [2.45, 2.75) is 32.2 Å². The van der Waals surface area contributed by atoms with Gasteiger partial charge in [-0.2, -0.15) is 0 Å². The first-order valence-electron chi connectivity index (χ1n) is 7.29. The van der Waals surface area contributed by atoms with Gasteiger partial charge >= 0.3 is 0 Å². The Balaban J connectivity index is 1.64. The fraction of sp³-hybridized carbons (Fsp3) is 0.467. The van der Waals surface area contributed by atoms with Crippen LogP contribution >= 0.6 is 0 Å². The van der Waals surface area contributed by atoms with Gasteiger partial charge in [0.15, 0.2) is 5.69 Å². The minimum Gasteiger partial charge on any atom is -0.360 e. The standard InChI is InChI=1S/C15H19N5O2/c1-9-6-11(18-15(17-9)20(2)3)8-16-14(21)12-7-13(22-19-12)10-4-5-10/h6-7,10H,4-5,8H2,1-3H3,(H,16,21). The van der Waals surface area contributed by atoms with Gasteiger partial charge in [0.2, 0.25) is 5.95 Å². The van der Waals surface area contributed by atoms with Crippen molar-refractivity contribution in [3.05, 3.63) is 35.0 Å². The Kier molecular flexibility index (Phi) is 3.79. The number of carbonyl (C=O) groups is 1. The van der Waals surface area contributed by atoms with Crippen LogP contribution in [0.25, 0.3) is 0 Å². The highest BCUT2D eigenvalue weighted by Gasteiger charge is 2.28. The largest absolute Gasteiger partial charge is 0.360 e. The fourth-order valence-electron chi connectivity index (χ4n) is 2.13. The van der Waals surface area contributed by atoms with E-state index in [-0.39, 0.29) is 5.91 Å². The maximum atomic E-state index is 12.1. The van der Waals surface area contributed by atoms with Gasteiger partial charge in [-0.05, 0) is 25.8 Å². The molecule has 1 saturated carbocycles. The zero-order valence-electron chi connectivity index (χ0n) is 13.0. The molecule has 0 aromatic carbocycles. The molecule has 0 unspecified atom stereocenters. The average Bonchev–Trinajstić information content (AvgIpc) is 3.21. The summed E-state index contributed by atoms with van der Waals surface area (Å²) in [6, 6.07) is 3.58. The molecule has 0 saturated heterocycles. The molecule has 0 radical (unpaired) electrons. The van der Waals surface area contributed by atoms with Crippen LogP contribution in [0.15, 0.2) is 16.7 Å². The van der Waals surface area contributed by atoms with Crippen molar-refractivity contribution in [3.63, 3.8) is 0 Å². The lowest BCUT2D eigenvalue weighted by atomic mass is 10.2. The van der Waals surface area contributed by atoms with E-state index in [1.54, 1.807) is 6.07 Å². The Morgan fingerprint density at radius 2 is 2.14 bits per heavy atom. The number of aromatic nitrogens is 3.